The molecule has 1 aliphatic carbocycles. The summed E-state index contributed by atoms with van der Waals surface area (Å²) in [7, 11) is 0. The van der Waals surface area contributed by atoms with Gasteiger partial charge in [-0.2, -0.15) is 5.26 Å². The van der Waals surface area contributed by atoms with Crippen molar-refractivity contribution in [1.29, 1.82) is 5.26 Å². The highest BCUT2D eigenvalue weighted by molar-refractivity contribution is 5.16. The summed E-state index contributed by atoms with van der Waals surface area (Å²) < 4.78 is 0. The lowest BCUT2D eigenvalue weighted by Crippen LogP contribution is -2.49. The zero-order valence-corrected chi connectivity index (χ0v) is 12.7. The zero-order chi connectivity index (χ0) is 13.9. The lowest BCUT2D eigenvalue weighted by molar-refractivity contribution is 0.246. The van der Waals surface area contributed by atoms with Gasteiger partial charge in [0.25, 0.3) is 0 Å². The van der Waals surface area contributed by atoms with Crippen molar-refractivity contribution >= 4 is 0 Å². The standard InChI is InChI=1S/C15H28N4/c1-4-18(5-2)9-8-17-15(11-16)10-13(3)19(12-15)14-6-7-14/h13-14,17H,4-10,12H2,1-3H3. The third kappa shape index (κ3) is 3.47. The van der Waals surface area contributed by atoms with Crippen molar-refractivity contribution < 1.29 is 0 Å². The van der Waals surface area contributed by atoms with E-state index in [0.29, 0.717) is 6.04 Å². The fourth-order valence-corrected chi connectivity index (χ4v) is 3.29. The molecule has 19 heavy (non-hydrogen) atoms. The van der Waals surface area contributed by atoms with Gasteiger partial charge in [-0.05, 0) is 39.3 Å². The lowest BCUT2D eigenvalue weighted by Gasteiger charge is -2.26. The van der Waals surface area contributed by atoms with Gasteiger partial charge in [0.15, 0.2) is 0 Å². The second kappa shape index (κ2) is 6.21. The monoisotopic (exact) mass is 264 g/mol. The summed E-state index contributed by atoms with van der Waals surface area (Å²) in [5.41, 5.74) is -0.310. The maximum Gasteiger partial charge on any atom is 0.121 e. The van der Waals surface area contributed by atoms with Crippen LogP contribution in [0.4, 0.5) is 0 Å². The molecule has 4 nitrogen and oxygen atoms in total. The Bertz CT molecular complexity index is 330. The number of hydrogen-bond donors (Lipinski definition) is 1. The first-order valence-electron chi connectivity index (χ1n) is 7.78. The van der Waals surface area contributed by atoms with Gasteiger partial charge in [0.05, 0.1) is 6.07 Å². The maximum absolute atomic E-state index is 9.58. The van der Waals surface area contributed by atoms with Crippen molar-refractivity contribution in [3.05, 3.63) is 0 Å². The highest BCUT2D eigenvalue weighted by Gasteiger charge is 2.47. The second-order valence-electron chi connectivity index (χ2n) is 6.10. The summed E-state index contributed by atoms with van der Waals surface area (Å²) in [4.78, 5) is 4.93. The van der Waals surface area contributed by atoms with Crippen molar-refractivity contribution in [2.24, 2.45) is 0 Å². The van der Waals surface area contributed by atoms with Gasteiger partial charge in [0.1, 0.15) is 5.54 Å². The number of likely N-dealkylation sites (tertiary alicyclic amines) is 1. The summed E-state index contributed by atoms with van der Waals surface area (Å²) in [6, 6.07) is 3.87. The van der Waals surface area contributed by atoms with E-state index in [2.05, 4.69) is 42.0 Å². The molecule has 2 rings (SSSR count). The normalized spacial score (nSPS) is 31.8. The Hall–Kier alpha value is -0.630. The average Bonchev–Trinajstić information content (AvgIpc) is 3.20. The highest BCUT2D eigenvalue weighted by Crippen LogP contribution is 2.36. The molecule has 1 saturated heterocycles. The van der Waals surface area contributed by atoms with Crippen LogP contribution in [0.15, 0.2) is 0 Å². The molecule has 1 heterocycles. The summed E-state index contributed by atoms with van der Waals surface area (Å²) in [6.45, 7) is 11.7. The van der Waals surface area contributed by atoms with Gasteiger partial charge in [-0.3, -0.25) is 10.2 Å². The van der Waals surface area contributed by atoms with E-state index in [1.54, 1.807) is 0 Å². The van der Waals surface area contributed by atoms with Crippen LogP contribution in [0.2, 0.25) is 0 Å². The third-order valence-electron chi connectivity index (χ3n) is 4.68. The minimum Gasteiger partial charge on any atom is -0.303 e. The van der Waals surface area contributed by atoms with Crippen LogP contribution in [0.25, 0.3) is 0 Å². The zero-order valence-electron chi connectivity index (χ0n) is 12.7. The van der Waals surface area contributed by atoms with Crippen LogP contribution in [-0.4, -0.2) is 60.1 Å². The number of hydrogen-bond acceptors (Lipinski definition) is 4. The first kappa shape index (κ1) is 14.8. The SMILES string of the molecule is CCN(CC)CCNC1(C#N)CC(C)N(C2CC2)C1. The van der Waals surface area contributed by atoms with Gasteiger partial charge < -0.3 is 4.90 Å². The maximum atomic E-state index is 9.58. The van der Waals surface area contributed by atoms with Crippen LogP contribution in [-0.2, 0) is 0 Å². The number of rotatable bonds is 7. The molecule has 0 aromatic carbocycles. The molecule has 0 aromatic heterocycles. The van der Waals surface area contributed by atoms with E-state index in [0.717, 1.165) is 45.2 Å². The van der Waals surface area contributed by atoms with Crippen LogP contribution in [0.3, 0.4) is 0 Å². The van der Waals surface area contributed by atoms with Crippen molar-refractivity contribution in [2.75, 3.05) is 32.7 Å². The second-order valence-corrected chi connectivity index (χ2v) is 6.10. The first-order valence-corrected chi connectivity index (χ1v) is 7.78. The van der Waals surface area contributed by atoms with E-state index in [1.165, 1.54) is 12.8 Å². The van der Waals surface area contributed by atoms with Gasteiger partial charge in [0, 0.05) is 31.7 Å². The molecule has 4 heteroatoms. The average molecular weight is 264 g/mol. The minimum absolute atomic E-state index is 0.310. The van der Waals surface area contributed by atoms with Crippen LogP contribution < -0.4 is 5.32 Å². The summed E-state index contributed by atoms with van der Waals surface area (Å²) in [5, 5.41) is 13.1. The molecule has 108 valence electrons. The fraction of sp³-hybridized carbons (Fsp3) is 0.933. The Balaban J connectivity index is 1.84. The first-order chi connectivity index (χ1) is 9.14. The van der Waals surface area contributed by atoms with Crippen LogP contribution in [0.1, 0.15) is 40.0 Å². The van der Waals surface area contributed by atoms with Crippen LogP contribution in [0, 0.1) is 11.3 Å². The number of likely N-dealkylation sites (N-methyl/N-ethyl adjacent to an activating group) is 1. The van der Waals surface area contributed by atoms with Gasteiger partial charge >= 0.3 is 0 Å². The Morgan fingerprint density at radius 1 is 1.37 bits per heavy atom. The smallest absolute Gasteiger partial charge is 0.121 e. The van der Waals surface area contributed by atoms with E-state index < -0.39 is 0 Å². The molecular weight excluding hydrogens is 236 g/mol. The van der Waals surface area contributed by atoms with Crippen molar-refractivity contribution in [3.63, 3.8) is 0 Å². The quantitative estimate of drug-likeness (QED) is 0.755. The molecule has 0 spiro atoms. The van der Waals surface area contributed by atoms with Crippen molar-refractivity contribution in [3.8, 4) is 6.07 Å². The molecule has 0 radical (unpaired) electrons. The van der Waals surface area contributed by atoms with Gasteiger partial charge in [0.2, 0.25) is 0 Å². The molecular formula is C15H28N4. The van der Waals surface area contributed by atoms with Crippen LogP contribution >= 0.6 is 0 Å². The Morgan fingerprint density at radius 3 is 2.58 bits per heavy atom. The molecule has 0 bridgehead atoms. The molecule has 1 N–H and O–H groups in total. The molecule has 2 unspecified atom stereocenters. The third-order valence-corrected chi connectivity index (χ3v) is 4.68. The highest BCUT2D eigenvalue weighted by atomic mass is 15.3. The van der Waals surface area contributed by atoms with E-state index >= 15 is 0 Å². The Morgan fingerprint density at radius 2 is 2.05 bits per heavy atom. The van der Waals surface area contributed by atoms with Crippen molar-refractivity contribution in [1.82, 2.24) is 15.1 Å². The van der Waals surface area contributed by atoms with E-state index in [1.807, 2.05) is 0 Å². The molecule has 1 aliphatic heterocycles. The van der Waals surface area contributed by atoms with Gasteiger partial charge in [-0.15, -0.1) is 0 Å². The van der Waals surface area contributed by atoms with Gasteiger partial charge in [-0.25, -0.2) is 0 Å². The summed E-state index contributed by atoms with van der Waals surface area (Å²) >= 11 is 0. The molecule has 0 aromatic rings. The molecule has 2 fully saturated rings. The Labute approximate surface area is 117 Å². The van der Waals surface area contributed by atoms with E-state index in [4.69, 9.17) is 0 Å². The van der Waals surface area contributed by atoms with Crippen molar-refractivity contribution in [2.45, 2.75) is 57.7 Å². The number of nitrogens with one attached hydrogen (secondary N) is 1. The van der Waals surface area contributed by atoms with Gasteiger partial charge in [-0.1, -0.05) is 13.8 Å². The van der Waals surface area contributed by atoms with Crippen LogP contribution in [0.5, 0.6) is 0 Å². The fourth-order valence-electron chi connectivity index (χ4n) is 3.29. The van der Waals surface area contributed by atoms with E-state index in [9.17, 15) is 5.26 Å². The largest absolute Gasteiger partial charge is 0.303 e. The Kier molecular flexibility index (Phi) is 4.83. The molecule has 0 amide bonds. The molecule has 1 saturated carbocycles. The summed E-state index contributed by atoms with van der Waals surface area (Å²) in [5.74, 6) is 0. The molecule has 2 atom stereocenters. The lowest BCUT2D eigenvalue weighted by atomic mass is 9.98. The summed E-state index contributed by atoms with van der Waals surface area (Å²) in [6.07, 6.45) is 3.62. The van der Waals surface area contributed by atoms with E-state index in [-0.39, 0.29) is 5.54 Å². The molecule has 2 aliphatic rings. The predicted octanol–water partition coefficient (Wildman–Crippen LogP) is 1.44. The number of nitrogens with zero attached hydrogens (tertiary/aromatic N) is 3. The predicted molar refractivity (Wildman–Crippen MR) is 77.9 cm³/mol. The topological polar surface area (TPSA) is 42.3 Å². The number of nitriles is 1. The minimum atomic E-state index is -0.310.